The van der Waals surface area contributed by atoms with Crippen LogP contribution in [0.15, 0.2) is 22.7 Å². The predicted molar refractivity (Wildman–Crippen MR) is 71.8 cm³/mol. The van der Waals surface area contributed by atoms with E-state index in [9.17, 15) is 10.1 Å². The van der Waals surface area contributed by atoms with Gasteiger partial charge in [0, 0.05) is 4.47 Å². The van der Waals surface area contributed by atoms with Crippen molar-refractivity contribution in [2.24, 2.45) is 0 Å². The summed E-state index contributed by atoms with van der Waals surface area (Å²) in [5.74, 6) is 0.0444. The van der Waals surface area contributed by atoms with Crippen LogP contribution in [0.3, 0.4) is 0 Å². The van der Waals surface area contributed by atoms with Gasteiger partial charge in [-0.1, -0.05) is 15.9 Å². The maximum absolute atomic E-state index is 10.9. The normalized spacial score (nSPS) is 10.6. The van der Waals surface area contributed by atoms with E-state index in [0.717, 1.165) is 15.7 Å². The highest BCUT2D eigenvalue weighted by Gasteiger charge is 2.24. The molecule has 0 fully saturated rings. The number of rotatable bonds is 2. The van der Waals surface area contributed by atoms with E-state index in [0.29, 0.717) is 5.69 Å². The second-order valence-corrected chi connectivity index (χ2v) is 4.83. The molecule has 2 aromatic rings. The molecule has 7 heteroatoms. The Bertz CT molecular complexity index is 636. The first kappa shape index (κ1) is 12.6. The van der Waals surface area contributed by atoms with Gasteiger partial charge in [-0.15, -0.1) is 0 Å². The van der Waals surface area contributed by atoms with E-state index >= 15 is 0 Å². The molecule has 0 aliphatic heterocycles. The van der Waals surface area contributed by atoms with Crippen molar-refractivity contribution in [1.29, 1.82) is 0 Å². The van der Waals surface area contributed by atoms with Crippen molar-refractivity contribution in [1.82, 2.24) is 9.78 Å². The lowest BCUT2D eigenvalue weighted by Crippen LogP contribution is -2.04. The molecule has 0 aliphatic rings. The number of nitrogens with zero attached hydrogens (tertiary/aromatic N) is 3. The number of nitrogen functional groups attached to an aromatic ring is 1. The van der Waals surface area contributed by atoms with Gasteiger partial charge in [0.1, 0.15) is 5.69 Å². The first-order valence-electron chi connectivity index (χ1n) is 5.18. The number of hydrogen-bond acceptors (Lipinski definition) is 4. The van der Waals surface area contributed by atoms with Crippen LogP contribution in [0.25, 0.3) is 5.69 Å². The molecule has 2 N–H and O–H groups in total. The summed E-state index contributed by atoms with van der Waals surface area (Å²) < 4.78 is 2.33. The Morgan fingerprint density at radius 2 is 2.11 bits per heavy atom. The summed E-state index contributed by atoms with van der Waals surface area (Å²) in [5, 5.41) is 15.0. The molecule has 0 unspecified atom stereocenters. The molecule has 0 aliphatic carbocycles. The van der Waals surface area contributed by atoms with Crippen LogP contribution in [0.2, 0.25) is 0 Å². The van der Waals surface area contributed by atoms with E-state index in [1.807, 2.05) is 25.1 Å². The number of aromatic nitrogens is 2. The fourth-order valence-electron chi connectivity index (χ4n) is 1.80. The average molecular weight is 311 g/mol. The zero-order valence-electron chi connectivity index (χ0n) is 9.85. The molecule has 1 aromatic carbocycles. The number of benzene rings is 1. The van der Waals surface area contributed by atoms with Gasteiger partial charge in [0.25, 0.3) is 0 Å². The van der Waals surface area contributed by atoms with Gasteiger partial charge in [-0.3, -0.25) is 10.1 Å². The molecule has 2 rings (SSSR count). The second-order valence-electron chi connectivity index (χ2n) is 3.92. The van der Waals surface area contributed by atoms with Crippen molar-refractivity contribution in [3.8, 4) is 5.69 Å². The summed E-state index contributed by atoms with van der Waals surface area (Å²) in [6, 6.07) is 5.55. The Kier molecular flexibility index (Phi) is 3.08. The fourth-order valence-corrected chi connectivity index (χ4v) is 2.28. The van der Waals surface area contributed by atoms with Crippen LogP contribution in [0.4, 0.5) is 11.5 Å². The minimum Gasteiger partial charge on any atom is -0.378 e. The van der Waals surface area contributed by atoms with E-state index in [4.69, 9.17) is 5.73 Å². The standard InChI is InChI=1S/C11H11BrN4O2/c1-6-5-8(12)3-4-9(6)15-11(13)10(16(17)18)7(2)14-15/h3-5H,13H2,1-2H3. The summed E-state index contributed by atoms with van der Waals surface area (Å²) in [4.78, 5) is 10.4. The monoisotopic (exact) mass is 310 g/mol. The molecule has 0 amide bonds. The van der Waals surface area contributed by atoms with Crippen molar-refractivity contribution in [2.75, 3.05) is 5.73 Å². The second kappa shape index (κ2) is 4.41. The Morgan fingerprint density at radius 1 is 1.44 bits per heavy atom. The predicted octanol–water partition coefficient (Wildman–Crippen LogP) is 2.74. The molecular weight excluding hydrogens is 300 g/mol. The van der Waals surface area contributed by atoms with Crippen LogP contribution in [-0.4, -0.2) is 14.7 Å². The molecule has 0 bridgehead atoms. The van der Waals surface area contributed by atoms with Crippen molar-refractivity contribution in [3.05, 3.63) is 44.0 Å². The summed E-state index contributed by atoms with van der Waals surface area (Å²) in [6.07, 6.45) is 0. The number of hydrogen-bond donors (Lipinski definition) is 1. The number of anilines is 1. The maximum Gasteiger partial charge on any atom is 0.333 e. The molecular formula is C11H11BrN4O2. The van der Waals surface area contributed by atoms with Crippen molar-refractivity contribution in [3.63, 3.8) is 0 Å². The SMILES string of the molecule is Cc1cc(Br)ccc1-n1nc(C)c([N+](=O)[O-])c1N. The van der Waals surface area contributed by atoms with Crippen molar-refractivity contribution in [2.45, 2.75) is 13.8 Å². The van der Waals surface area contributed by atoms with Gasteiger partial charge >= 0.3 is 5.69 Å². The lowest BCUT2D eigenvalue weighted by Gasteiger charge is -2.07. The van der Waals surface area contributed by atoms with Crippen molar-refractivity contribution >= 4 is 27.4 Å². The largest absolute Gasteiger partial charge is 0.378 e. The van der Waals surface area contributed by atoms with E-state index in [2.05, 4.69) is 21.0 Å². The van der Waals surface area contributed by atoms with Gasteiger partial charge in [0.15, 0.2) is 0 Å². The lowest BCUT2D eigenvalue weighted by atomic mass is 10.2. The summed E-state index contributed by atoms with van der Waals surface area (Å²) in [6.45, 7) is 3.46. The number of nitrogens with two attached hydrogens (primary N) is 1. The first-order chi connectivity index (χ1) is 8.41. The van der Waals surface area contributed by atoms with Gasteiger partial charge in [-0.05, 0) is 37.6 Å². The molecule has 94 valence electrons. The number of aryl methyl sites for hydroxylation is 2. The van der Waals surface area contributed by atoms with Gasteiger partial charge in [0.2, 0.25) is 5.82 Å². The van der Waals surface area contributed by atoms with Gasteiger partial charge in [-0.2, -0.15) is 5.10 Å². The van der Waals surface area contributed by atoms with E-state index < -0.39 is 4.92 Å². The van der Waals surface area contributed by atoms with Crippen LogP contribution >= 0.6 is 15.9 Å². The Balaban J connectivity index is 2.65. The minimum atomic E-state index is -0.512. The Hall–Kier alpha value is -1.89. The van der Waals surface area contributed by atoms with Gasteiger partial charge < -0.3 is 5.73 Å². The van der Waals surface area contributed by atoms with E-state index in [1.165, 1.54) is 4.68 Å². The van der Waals surface area contributed by atoms with Crippen LogP contribution in [0.5, 0.6) is 0 Å². The molecule has 6 nitrogen and oxygen atoms in total. The summed E-state index contributed by atoms with van der Waals surface area (Å²) in [7, 11) is 0. The van der Waals surface area contributed by atoms with Crippen LogP contribution < -0.4 is 5.73 Å². The Morgan fingerprint density at radius 3 is 2.61 bits per heavy atom. The molecule has 1 heterocycles. The quantitative estimate of drug-likeness (QED) is 0.682. The van der Waals surface area contributed by atoms with Crippen LogP contribution in [-0.2, 0) is 0 Å². The molecule has 0 radical (unpaired) electrons. The molecule has 18 heavy (non-hydrogen) atoms. The number of nitro groups is 1. The fraction of sp³-hybridized carbons (Fsp3) is 0.182. The third kappa shape index (κ3) is 1.97. The molecule has 0 atom stereocenters. The zero-order chi connectivity index (χ0) is 13.4. The highest BCUT2D eigenvalue weighted by Crippen LogP contribution is 2.29. The van der Waals surface area contributed by atoms with Crippen LogP contribution in [0, 0.1) is 24.0 Å². The molecule has 0 spiro atoms. The van der Waals surface area contributed by atoms with Gasteiger partial charge in [0.05, 0.1) is 10.6 Å². The number of halogens is 1. The molecule has 0 saturated carbocycles. The maximum atomic E-state index is 10.9. The molecule has 1 aromatic heterocycles. The third-order valence-electron chi connectivity index (χ3n) is 2.63. The topological polar surface area (TPSA) is 87.0 Å². The highest BCUT2D eigenvalue weighted by atomic mass is 79.9. The van der Waals surface area contributed by atoms with Crippen molar-refractivity contribution < 1.29 is 4.92 Å². The first-order valence-corrected chi connectivity index (χ1v) is 5.97. The smallest absolute Gasteiger partial charge is 0.333 e. The average Bonchev–Trinajstić information content (AvgIpc) is 2.54. The van der Waals surface area contributed by atoms with E-state index in [-0.39, 0.29) is 11.5 Å². The highest BCUT2D eigenvalue weighted by molar-refractivity contribution is 9.10. The minimum absolute atomic E-state index is 0.0444. The lowest BCUT2D eigenvalue weighted by molar-refractivity contribution is -0.384. The van der Waals surface area contributed by atoms with E-state index in [1.54, 1.807) is 6.92 Å². The van der Waals surface area contributed by atoms with Gasteiger partial charge in [-0.25, -0.2) is 4.68 Å². The Labute approximate surface area is 112 Å². The third-order valence-corrected chi connectivity index (χ3v) is 3.13. The van der Waals surface area contributed by atoms with Crippen LogP contribution in [0.1, 0.15) is 11.3 Å². The zero-order valence-corrected chi connectivity index (χ0v) is 11.4. The summed E-state index contributed by atoms with van der Waals surface area (Å²) >= 11 is 3.36. The molecule has 0 saturated heterocycles. The summed E-state index contributed by atoms with van der Waals surface area (Å²) in [5.41, 5.74) is 7.61.